The molecule has 0 saturated carbocycles. The average Bonchev–Trinajstić information content (AvgIpc) is 0.923. The number of aliphatic hydroxyl groups excluding tert-OH is 1. The summed E-state index contributed by atoms with van der Waals surface area (Å²) in [6.45, 7) is 4.15. The van der Waals surface area contributed by atoms with E-state index in [2.05, 4.69) is 186 Å². The molecule has 0 aromatic carbocycles. The molecule has 5 atom stereocenters. The molecular weight excluding hydrogens is 1330 g/mol. The van der Waals surface area contributed by atoms with Gasteiger partial charge >= 0.3 is 39.5 Å². The number of hydrogen-bond acceptors (Lipinski definition) is 15. The van der Waals surface area contributed by atoms with E-state index in [1.165, 1.54) is 0 Å². The first-order valence-electron chi connectivity index (χ1n) is 37.7. The van der Waals surface area contributed by atoms with E-state index in [1.54, 1.807) is 12.2 Å². The number of esters is 4. The molecule has 0 heterocycles. The van der Waals surface area contributed by atoms with Crippen LogP contribution >= 0.6 is 15.6 Å². The van der Waals surface area contributed by atoms with Gasteiger partial charge in [0.05, 0.1) is 32.8 Å². The van der Waals surface area contributed by atoms with E-state index in [4.69, 9.17) is 37.0 Å². The number of ether oxygens (including phenoxy) is 4. The Kier molecular flexibility index (Phi) is 68.8. The van der Waals surface area contributed by atoms with Crippen LogP contribution in [-0.4, -0.2) is 96.7 Å². The molecule has 0 amide bonds. The Bertz CT molecular complexity index is 2700. The van der Waals surface area contributed by atoms with Crippen LogP contribution in [0.1, 0.15) is 246 Å². The summed E-state index contributed by atoms with van der Waals surface area (Å²) < 4.78 is 68.2. The zero-order valence-corrected chi connectivity index (χ0v) is 64.2. The molecule has 5 unspecified atom stereocenters. The van der Waals surface area contributed by atoms with E-state index in [0.717, 1.165) is 161 Å². The molecule has 0 aromatic rings. The first kappa shape index (κ1) is 95.9. The Labute approximate surface area is 615 Å². The van der Waals surface area contributed by atoms with Crippen LogP contribution in [0.2, 0.25) is 0 Å². The van der Waals surface area contributed by atoms with Gasteiger partial charge in [-0.15, -0.1) is 0 Å². The summed E-state index contributed by atoms with van der Waals surface area (Å²) in [4.78, 5) is 72.8. The molecule has 0 aliphatic rings. The Morgan fingerprint density at radius 3 is 0.863 bits per heavy atom. The lowest BCUT2D eigenvalue weighted by Gasteiger charge is -2.21. The number of carbonyl (C=O) groups excluding carboxylic acids is 4. The largest absolute Gasteiger partial charge is 0.472 e. The minimum Gasteiger partial charge on any atom is -0.462 e. The molecule has 0 bridgehead atoms. The summed E-state index contributed by atoms with van der Waals surface area (Å²) in [7, 11) is -10.0. The number of allylic oxidation sites excluding steroid dienone is 31. The van der Waals surface area contributed by atoms with Crippen molar-refractivity contribution >= 4 is 39.5 Å². The highest BCUT2D eigenvalue weighted by atomic mass is 31.2. The van der Waals surface area contributed by atoms with Crippen molar-refractivity contribution in [3.63, 3.8) is 0 Å². The average molecular weight is 1460 g/mol. The Morgan fingerprint density at radius 2 is 0.529 bits per heavy atom. The fraction of sp³-hybridized carbons (Fsp3) is 0.566. The van der Waals surface area contributed by atoms with Crippen molar-refractivity contribution < 1.29 is 80.2 Å². The van der Waals surface area contributed by atoms with Crippen LogP contribution in [0.5, 0.6) is 0 Å². The summed E-state index contributed by atoms with van der Waals surface area (Å²) in [5.74, 6) is -2.46. The van der Waals surface area contributed by atoms with Gasteiger partial charge in [0.25, 0.3) is 0 Å². The molecule has 0 aliphatic heterocycles. The van der Waals surface area contributed by atoms with Gasteiger partial charge in [0.2, 0.25) is 0 Å². The molecule has 0 rings (SSSR count). The molecule has 17 nitrogen and oxygen atoms in total. The summed E-state index contributed by atoms with van der Waals surface area (Å²) in [6.07, 6.45) is 88.9. The van der Waals surface area contributed by atoms with Gasteiger partial charge in [0.1, 0.15) is 19.3 Å². The first-order valence-corrected chi connectivity index (χ1v) is 40.7. The number of carbonyl (C=O) groups is 4. The zero-order valence-electron chi connectivity index (χ0n) is 62.4. The maximum atomic E-state index is 13.1. The van der Waals surface area contributed by atoms with Gasteiger partial charge in [-0.3, -0.25) is 37.3 Å². The molecule has 0 spiro atoms. The normalized spacial score (nSPS) is 15.0. The highest BCUT2D eigenvalue weighted by Gasteiger charge is 2.30. The van der Waals surface area contributed by atoms with Gasteiger partial charge in [-0.25, -0.2) is 9.13 Å². The first-order chi connectivity index (χ1) is 49.7. The van der Waals surface area contributed by atoms with E-state index in [9.17, 15) is 43.2 Å². The van der Waals surface area contributed by atoms with Crippen molar-refractivity contribution in [3.8, 4) is 0 Å². The van der Waals surface area contributed by atoms with Gasteiger partial charge in [0.15, 0.2) is 12.2 Å². The van der Waals surface area contributed by atoms with Gasteiger partial charge in [-0.2, -0.15) is 0 Å². The number of rotatable bonds is 68. The summed E-state index contributed by atoms with van der Waals surface area (Å²) >= 11 is 0. The Balaban J connectivity index is 5.53. The van der Waals surface area contributed by atoms with Crippen LogP contribution in [0.3, 0.4) is 0 Å². The van der Waals surface area contributed by atoms with Crippen LogP contribution in [0.15, 0.2) is 194 Å². The van der Waals surface area contributed by atoms with Crippen molar-refractivity contribution in [2.75, 3.05) is 39.6 Å². The Morgan fingerprint density at radius 1 is 0.284 bits per heavy atom. The fourth-order valence-corrected chi connectivity index (χ4v) is 10.6. The second-order valence-corrected chi connectivity index (χ2v) is 27.0. The fourth-order valence-electron chi connectivity index (χ4n) is 9.00. The SMILES string of the molecule is CC/C=C\C/C=C\C/C=C\C/C=C\C/C=C\CCCC(=O)OCC(COP(=O)(O)OCC(O)COP(=O)(O)OCC(COC(=O)CCCCCCC/C=C\C/C=C\C/C=C\CC)OC(=O)CCCCCCC/C=C\C/C=C\C/C=C\CC)OC(=O)C/C=C\C/C=C\C/C=C\C/C=C\C/C=C\CC. The van der Waals surface area contributed by atoms with Gasteiger partial charge in [-0.1, -0.05) is 261 Å². The third-order valence-electron chi connectivity index (χ3n) is 14.6. The maximum Gasteiger partial charge on any atom is 0.472 e. The summed E-state index contributed by atoms with van der Waals surface area (Å²) in [5.41, 5.74) is 0. The smallest absolute Gasteiger partial charge is 0.462 e. The number of phosphoric acid groups is 2. The zero-order chi connectivity index (χ0) is 74.6. The molecule has 3 N–H and O–H groups in total. The van der Waals surface area contributed by atoms with Gasteiger partial charge < -0.3 is 33.8 Å². The molecule has 19 heteroatoms. The van der Waals surface area contributed by atoms with Crippen LogP contribution < -0.4 is 0 Å². The van der Waals surface area contributed by atoms with Crippen molar-refractivity contribution in [2.24, 2.45) is 0 Å². The van der Waals surface area contributed by atoms with Crippen LogP contribution in [0.4, 0.5) is 0 Å². The lowest BCUT2D eigenvalue weighted by atomic mass is 10.1. The van der Waals surface area contributed by atoms with E-state index in [1.807, 2.05) is 24.3 Å². The highest BCUT2D eigenvalue weighted by Crippen LogP contribution is 2.45. The molecular formula is C83H130O17P2. The lowest BCUT2D eigenvalue weighted by molar-refractivity contribution is -0.161. The van der Waals surface area contributed by atoms with Crippen molar-refractivity contribution in [1.82, 2.24) is 0 Å². The van der Waals surface area contributed by atoms with E-state index < -0.39 is 97.5 Å². The van der Waals surface area contributed by atoms with Crippen LogP contribution in [0, 0.1) is 0 Å². The van der Waals surface area contributed by atoms with Crippen LogP contribution in [0.25, 0.3) is 0 Å². The minimum atomic E-state index is -5.02. The minimum absolute atomic E-state index is 0.0551. The molecule has 0 radical (unpaired) electrons. The molecule has 0 aromatic heterocycles. The third-order valence-corrected chi connectivity index (χ3v) is 16.5. The van der Waals surface area contributed by atoms with Crippen molar-refractivity contribution in [2.45, 2.75) is 264 Å². The number of phosphoric ester groups is 2. The van der Waals surface area contributed by atoms with Crippen molar-refractivity contribution in [1.29, 1.82) is 0 Å². The molecule has 0 fully saturated rings. The summed E-state index contributed by atoms with van der Waals surface area (Å²) in [6, 6.07) is 0. The second kappa shape index (κ2) is 73.2. The number of unbranched alkanes of at least 4 members (excludes halogenated alkanes) is 11. The quantitative estimate of drug-likeness (QED) is 0.0169. The van der Waals surface area contributed by atoms with E-state index in [0.29, 0.717) is 32.1 Å². The Hall–Kier alpha value is -6.10. The van der Waals surface area contributed by atoms with Crippen molar-refractivity contribution in [3.05, 3.63) is 194 Å². The monoisotopic (exact) mass is 1460 g/mol. The second-order valence-electron chi connectivity index (χ2n) is 24.1. The number of hydrogen-bond donors (Lipinski definition) is 3. The standard InChI is InChI=1S/C83H130O17P2/c1-5-9-13-17-21-25-29-33-37-38-42-44-48-52-56-60-64-68-81(86)94-74-79(100-83(88)70-66-62-58-54-50-46-41-36-32-28-24-20-16-12-8-4)76-98-102(91,92)96-72-77(84)71-95-101(89,90)97-75-78(99-82(87)69-65-61-57-53-49-45-40-35-31-27-23-19-15-11-7-3)73-93-80(85)67-63-59-55-51-47-43-39-34-30-26-22-18-14-10-6-2/h9-16,21-28,33-37,39-42,44,50,52,54,56,62,66,77-79,84H,5-8,17-20,29-32,38,43,45-49,51,53,55,57-61,63-65,67-76H2,1-4H3,(H,89,90)(H,91,92)/b13-9-,14-10-,15-11-,16-12-,25-21-,26-22-,27-23-,28-24-,37-33-,39-34-,40-35-,41-36-,44-42-,54-50-,56-52-,66-62-. The number of aliphatic hydroxyl groups is 1. The predicted molar refractivity (Wildman–Crippen MR) is 417 cm³/mol. The molecule has 574 valence electrons. The van der Waals surface area contributed by atoms with E-state index >= 15 is 0 Å². The molecule has 0 aliphatic carbocycles. The predicted octanol–water partition coefficient (Wildman–Crippen LogP) is 21.8. The van der Waals surface area contributed by atoms with E-state index in [-0.39, 0.29) is 25.7 Å². The van der Waals surface area contributed by atoms with Gasteiger partial charge in [0, 0.05) is 19.3 Å². The van der Waals surface area contributed by atoms with Gasteiger partial charge in [-0.05, 0) is 154 Å². The molecule has 102 heavy (non-hydrogen) atoms. The maximum absolute atomic E-state index is 13.1. The third kappa shape index (κ3) is 72.3. The lowest BCUT2D eigenvalue weighted by Crippen LogP contribution is -2.30. The highest BCUT2D eigenvalue weighted by molar-refractivity contribution is 7.47. The topological polar surface area (TPSA) is 237 Å². The van der Waals surface area contributed by atoms with Crippen LogP contribution in [-0.2, 0) is 65.4 Å². The molecule has 0 saturated heterocycles. The summed E-state index contributed by atoms with van der Waals surface area (Å²) in [5, 5.41) is 10.6.